The van der Waals surface area contributed by atoms with Crippen molar-refractivity contribution in [3.8, 4) is 11.5 Å². The van der Waals surface area contributed by atoms with E-state index in [9.17, 15) is 4.79 Å². The molecule has 0 aliphatic heterocycles. The van der Waals surface area contributed by atoms with E-state index in [-0.39, 0.29) is 12.5 Å². The van der Waals surface area contributed by atoms with E-state index < -0.39 is 5.97 Å². The summed E-state index contributed by atoms with van der Waals surface area (Å²) >= 11 is 0. The van der Waals surface area contributed by atoms with Gasteiger partial charge < -0.3 is 19.9 Å². The molecule has 0 heterocycles. The molecule has 1 atom stereocenters. The van der Waals surface area contributed by atoms with Gasteiger partial charge in [0, 0.05) is 12.6 Å². The highest BCUT2D eigenvalue weighted by molar-refractivity contribution is 5.66. The molecule has 19 heavy (non-hydrogen) atoms. The smallest absolute Gasteiger partial charge is 0.304 e. The highest BCUT2D eigenvalue weighted by Crippen LogP contribution is 2.27. The third-order valence-corrected chi connectivity index (χ3v) is 2.82. The number of rotatable bonds is 8. The molecular weight excluding hydrogens is 246 g/mol. The molecule has 0 radical (unpaired) electrons. The molecule has 1 rings (SSSR count). The molecule has 0 saturated heterocycles. The summed E-state index contributed by atoms with van der Waals surface area (Å²) in [5, 5.41) is 11.7. The van der Waals surface area contributed by atoms with Crippen LogP contribution in [0.3, 0.4) is 0 Å². The molecule has 0 fully saturated rings. The standard InChI is InChI=1S/C14H21NO4/c1-10(15-7-6-14(16)17)8-11-4-5-12(18-2)13(9-11)19-3/h4-5,9-10,15H,6-8H2,1-3H3,(H,16,17). The van der Waals surface area contributed by atoms with Crippen LogP contribution in [0.4, 0.5) is 0 Å². The minimum Gasteiger partial charge on any atom is -0.493 e. The molecule has 0 amide bonds. The van der Waals surface area contributed by atoms with Gasteiger partial charge in [-0.2, -0.15) is 0 Å². The van der Waals surface area contributed by atoms with Crippen LogP contribution in [0.25, 0.3) is 0 Å². The normalized spacial score (nSPS) is 11.9. The van der Waals surface area contributed by atoms with Crippen molar-refractivity contribution in [1.82, 2.24) is 5.32 Å². The molecule has 0 aliphatic rings. The van der Waals surface area contributed by atoms with Crippen LogP contribution in [0, 0.1) is 0 Å². The lowest BCUT2D eigenvalue weighted by atomic mass is 10.1. The van der Waals surface area contributed by atoms with Gasteiger partial charge in [0.2, 0.25) is 0 Å². The number of methoxy groups -OCH3 is 2. The van der Waals surface area contributed by atoms with Crippen molar-refractivity contribution in [2.75, 3.05) is 20.8 Å². The Morgan fingerprint density at radius 2 is 2.00 bits per heavy atom. The van der Waals surface area contributed by atoms with Crippen LogP contribution in [-0.4, -0.2) is 37.9 Å². The number of nitrogens with one attached hydrogen (secondary N) is 1. The van der Waals surface area contributed by atoms with E-state index in [1.165, 1.54) is 0 Å². The first-order chi connectivity index (χ1) is 9.06. The van der Waals surface area contributed by atoms with Gasteiger partial charge in [-0.25, -0.2) is 0 Å². The van der Waals surface area contributed by atoms with Gasteiger partial charge in [0.05, 0.1) is 20.6 Å². The third-order valence-electron chi connectivity index (χ3n) is 2.82. The number of ether oxygens (including phenoxy) is 2. The van der Waals surface area contributed by atoms with Crippen LogP contribution >= 0.6 is 0 Å². The lowest BCUT2D eigenvalue weighted by molar-refractivity contribution is -0.136. The number of hydrogen-bond acceptors (Lipinski definition) is 4. The lowest BCUT2D eigenvalue weighted by Gasteiger charge is -2.14. The van der Waals surface area contributed by atoms with Crippen LogP contribution in [0.15, 0.2) is 18.2 Å². The lowest BCUT2D eigenvalue weighted by Crippen LogP contribution is -2.30. The largest absolute Gasteiger partial charge is 0.493 e. The molecule has 0 saturated carbocycles. The number of hydrogen-bond donors (Lipinski definition) is 2. The van der Waals surface area contributed by atoms with Crippen LogP contribution in [-0.2, 0) is 11.2 Å². The Morgan fingerprint density at radius 1 is 1.32 bits per heavy atom. The highest BCUT2D eigenvalue weighted by Gasteiger charge is 2.08. The van der Waals surface area contributed by atoms with Crippen LogP contribution < -0.4 is 14.8 Å². The number of carbonyl (C=O) groups is 1. The van der Waals surface area contributed by atoms with Crippen LogP contribution in [0.1, 0.15) is 18.9 Å². The van der Waals surface area contributed by atoms with E-state index in [0.29, 0.717) is 18.0 Å². The average Bonchev–Trinajstić information content (AvgIpc) is 2.38. The zero-order valence-corrected chi connectivity index (χ0v) is 11.6. The fourth-order valence-electron chi connectivity index (χ4n) is 1.86. The van der Waals surface area contributed by atoms with Crippen LogP contribution in [0.2, 0.25) is 0 Å². The summed E-state index contributed by atoms with van der Waals surface area (Å²) in [5.74, 6) is 0.626. The maximum atomic E-state index is 10.4. The number of benzene rings is 1. The SMILES string of the molecule is COc1ccc(CC(C)NCCC(=O)O)cc1OC. The number of carboxylic acids is 1. The van der Waals surface area contributed by atoms with Gasteiger partial charge in [-0.05, 0) is 31.0 Å². The molecule has 1 aromatic carbocycles. The van der Waals surface area contributed by atoms with Gasteiger partial charge in [0.15, 0.2) is 11.5 Å². The van der Waals surface area contributed by atoms with Crippen molar-refractivity contribution < 1.29 is 19.4 Å². The number of carboxylic acid groups (broad SMARTS) is 1. The minimum atomic E-state index is -0.786. The first kappa shape index (κ1) is 15.3. The van der Waals surface area contributed by atoms with Gasteiger partial charge in [-0.3, -0.25) is 4.79 Å². The van der Waals surface area contributed by atoms with Crippen LogP contribution in [0.5, 0.6) is 11.5 Å². The molecule has 106 valence electrons. The fraction of sp³-hybridized carbons (Fsp3) is 0.500. The van der Waals surface area contributed by atoms with Crippen molar-refractivity contribution in [2.45, 2.75) is 25.8 Å². The Morgan fingerprint density at radius 3 is 2.58 bits per heavy atom. The summed E-state index contributed by atoms with van der Waals surface area (Å²) in [6.45, 7) is 2.50. The maximum Gasteiger partial charge on any atom is 0.304 e. The first-order valence-corrected chi connectivity index (χ1v) is 6.23. The molecule has 0 aliphatic carbocycles. The molecule has 0 aromatic heterocycles. The second kappa shape index (κ2) is 7.63. The molecule has 5 heteroatoms. The average molecular weight is 267 g/mol. The van der Waals surface area contributed by atoms with Crippen molar-refractivity contribution in [3.05, 3.63) is 23.8 Å². The van der Waals surface area contributed by atoms with Crippen molar-refractivity contribution in [1.29, 1.82) is 0 Å². The molecule has 0 spiro atoms. The summed E-state index contributed by atoms with van der Waals surface area (Å²) in [6.07, 6.45) is 0.941. The van der Waals surface area contributed by atoms with Crippen molar-refractivity contribution in [3.63, 3.8) is 0 Å². The maximum absolute atomic E-state index is 10.4. The summed E-state index contributed by atoms with van der Waals surface area (Å²) < 4.78 is 10.4. The number of aliphatic carboxylic acids is 1. The van der Waals surface area contributed by atoms with Gasteiger partial charge in [-0.1, -0.05) is 6.07 Å². The van der Waals surface area contributed by atoms with Gasteiger partial charge in [0.1, 0.15) is 0 Å². The molecule has 5 nitrogen and oxygen atoms in total. The zero-order chi connectivity index (χ0) is 14.3. The predicted molar refractivity (Wildman–Crippen MR) is 73.0 cm³/mol. The van der Waals surface area contributed by atoms with Crippen molar-refractivity contribution >= 4 is 5.97 Å². The monoisotopic (exact) mass is 267 g/mol. The molecule has 0 bridgehead atoms. The Kier molecular flexibility index (Phi) is 6.15. The Labute approximate surface area is 113 Å². The van der Waals surface area contributed by atoms with E-state index in [4.69, 9.17) is 14.6 Å². The first-order valence-electron chi connectivity index (χ1n) is 6.23. The van der Waals surface area contributed by atoms with E-state index in [1.807, 2.05) is 25.1 Å². The van der Waals surface area contributed by atoms with E-state index in [1.54, 1.807) is 14.2 Å². The fourth-order valence-corrected chi connectivity index (χ4v) is 1.86. The topological polar surface area (TPSA) is 67.8 Å². The predicted octanol–water partition coefficient (Wildman–Crippen LogP) is 1.70. The molecule has 1 unspecified atom stereocenters. The zero-order valence-electron chi connectivity index (χ0n) is 11.6. The minimum absolute atomic E-state index is 0.135. The second-order valence-electron chi connectivity index (χ2n) is 4.39. The Bertz CT molecular complexity index is 420. The summed E-state index contributed by atoms with van der Waals surface area (Å²) in [4.78, 5) is 10.4. The van der Waals surface area contributed by atoms with E-state index in [0.717, 1.165) is 12.0 Å². The quantitative estimate of drug-likeness (QED) is 0.750. The Balaban J connectivity index is 2.54. The highest BCUT2D eigenvalue weighted by atomic mass is 16.5. The summed E-state index contributed by atoms with van der Waals surface area (Å²) in [5.41, 5.74) is 1.12. The molecule has 1 aromatic rings. The molecule has 2 N–H and O–H groups in total. The summed E-state index contributed by atoms with van der Waals surface area (Å²) in [7, 11) is 3.21. The molecular formula is C14H21NO4. The van der Waals surface area contributed by atoms with E-state index >= 15 is 0 Å². The van der Waals surface area contributed by atoms with E-state index in [2.05, 4.69) is 5.32 Å². The van der Waals surface area contributed by atoms with Gasteiger partial charge in [0.25, 0.3) is 0 Å². The summed E-state index contributed by atoms with van der Waals surface area (Å²) in [6, 6.07) is 6.00. The third kappa shape index (κ3) is 5.18. The van der Waals surface area contributed by atoms with Gasteiger partial charge >= 0.3 is 5.97 Å². The second-order valence-corrected chi connectivity index (χ2v) is 4.39. The van der Waals surface area contributed by atoms with Crippen molar-refractivity contribution in [2.24, 2.45) is 0 Å². The van der Waals surface area contributed by atoms with Gasteiger partial charge in [-0.15, -0.1) is 0 Å². The Hall–Kier alpha value is -1.75.